The smallest absolute Gasteiger partial charge is 0.255 e. The minimum Gasteiger partial charge on any atom is -0.378 e. The second-order valence-corrected chi connectivity index (χ2v) is 7.75. The van der Waals surface area contributed by atoms with E-state index in [0.29, 0.717) is 10.7 Å². The number of carbonyl (C=O) groups excluding carboxylic acids is 1. The topological polar surface area (TPSA) is 67.4 Å². The third kappa shape index (κ3) is 4.93. The van der Waals surface area contributed by atoms with Crippen molar-refractivity contribution in [1.82, 2.24) is 9.97 Å². The van der Waals surface area contributed by atoms with E-state index in [4.69, 9.17) is 4.74 Å². The monoisotopic (exact) mass is 406 g/mol. The molecule has 2 aromatic carbocycles. The van der Waals surface area contributed by atoms with E-state index in [0.717, 1.165) is 48.1 Å². The fourth-order valence-corrected chi connectivity index (χ4v) is 3.93. The van der Waals surface area contributed by atoms with Crippen LogP contribution in [0.15, 0.2) is 71.0 Å². The standard InChI is InChI=1S/C22H22N4O2S/c1-16-15-19(29-22-23-9-2-10-24-22)7-8-20(16)25-21(27)17-3-5-18(6-4-17)26-11-13-28-14-12-26/h2-10,15H,11-14H2,1H3,(H,25,27). The van der Waals surface area contributed by atoms with Crippen LogP contribution >= 0.6 is 11.8 Å². The average molecular weight is 407 g/mol. The molecule has 1 saturated heterocycles. The molecule has 0 unspecified atom stereocenters. The second kappa shape index (κ2) is 9.07. The minimum atomic E-state index is -0.117. The highest BCUT2D eigenvalue weighted by molar-refractivity contribution is 7.99. The van der Waals surface area contributed by atoms with Gasteiger partial charge in [-0.15, -0.1) is 0 Å². The summed E-state index contributed by atoms with van der Waals surface area (Å²) in [6.07, 6.45) is 3.45. The van der Waals surface area contributed by atoms with Crippen molar-refractivity contribution in [1.29, 1.82) is 0 Å². The molecule has 1 aliphatic heterocycles. The first kappa shape index (κ1) is 19.4. The summed E-state index contributed by atoms with van der Waals surface area (Å²) in [5.41, 5.74) is 3.54. The van der Waals surface area contributed by atoms with Crippen LogP contribution in [0.5, 0.6) is 0 Å². The highest BCUT2D eigenvalue weighted by Gasteiger charge is 2.13. The molecule has 148 valence electrons. The normalized spacial score (nSPS) is 13.9. The van der Waals surface area contributed by atoms with Crippen molar-refractivity contribution in [2.45, 2.75) is 17.0 Å². The van der Waals surface area contributed by atoms with Gasteiger partial charge in [-0.3, -0.25) is 4.79 Å². The number of carbonyl (C=O) groups is 1. The molecular formula is C22H22N4O2S. The molecule has 0 radical (unpaired) electrons. The van der Waals surface area contributed by atoms with E-state index >= 15 is 0 Å². The zero-order chi connectivity index (χ0) is 20.1. The van der Waals surface area contributed by atoms with Crippen molar-refractivity contribution in [3.63, 3.8) is 0 Å². The Kier molecular flexibility index (Phi) is 6.07. The number of morpholine rings is 1. The van der Waals surface area contributed by atoms with Gasteiger partial charge in [-0.25, -0.2) is 9.97 Å². The van der Waals surface area contributed by atoms with Crippen LogP contribution in [0.4, 0.5) is 11.4 Å². The van der Waals surface area contributed by atoms with Crippen LogP contribution in [-0.4, -0.2) is 42.2 Å². The zero-order valence-electron chi connectivity index (χ0n) is 16.2. The van der Waals surface area contributed by atoms with Gasteiger partial charge < -0.3 is 15.0 Å². The van der Waals surface area contributed by atoms with Crippen molar-refractivity contribution < 1.29 is 9.53 Å². The van der Waals surface area contributed by atoms with E-state index in [9.17, 15) is 4.79 Å². The Labute approximate surface area is 174 Å². The lowest BCUT2D eigenvalue weighted by molar-refractivity contribution is 0.102. The van der Waals surface area contributed by atoms with Gasteiger partial charge in [0.1, 0.15) is 0 Å². The molecule has 0 atom stereocenters. The number of aromatic nitrogens is 2. The lowest BCUT2D eigenvalue weighted by Crippen LogP contribution is -2.36. The first-order chi connectivity index (χ1) is 14.2. The summed E-state index contributed by atoms with van der Waals surface area (Å²) in [6, 6.07) is 15.4. The van der Waals surface area contributed by atoms with Crippen LogP contribution < -0.4 is 10.2 Å². The first-order valence-corrected chi connectivity index (χ1v) is 10.3. The van der Waals surface area contributed by atoms with Crippen molar-refractivity contribution in [3.05, 3.63) is 72.1 Å². The Morgan fingerprint density at radius 3 is 2.48 bits per heavy atom. The van der Waals surface area contributed by atoms with Crippen LogP contribution in [0.1, 0.15) is 15.9 Å². The summed E-state index contributed by atoms with van der Waals surface area (Å²) in [4.78, 5) is 24.4. The van der Waals surface area contributed by atoms with Gasteiger partial charge in [-0.1, -0.05) is 0 Å². The van der Waals surface area contributed by atoms with E-state index in [1.165, 1.54) is 11.8 Å². The molecule has 1 fully saturated rings. The quantitative estimate of drug-likeness (QED) is 0.646. The number of nitrogens with one attached hydrogen (secondary N) is 1. The first-order valence-electron chi connectivity index (χ1n) is 9.49. The number of hydrogen-bond acceptors (Lipinski definition) is 6. The maximum absolute atomic E-state index is 12.7. The summed E-state index contributed by atoms with van der Waals surface area (Å²) < 4.78 is 5.39. The summed E-state index contributed by atoms with van der Waals surface area (Å²) in [5, 5.41) is 3.70. The molecule has 1 aromatic heterocycles. The van der Waals surface area contributed by atoms with Crippen LogP contribution in [-0.2, 0) is 4.74 Å². The number of ether oxygens (including phenoxy) is 1. The molecule has 2 heterocycles. The third-order valence-electron chi connectivity index (χ3n) is 4.70. The molecule has 6 nitrogen and oxygen atoms in total. The number of nitrogens with zero attached hydrogens (tertiary/aromatic N) is 3. The molecule has 4 rings (SSSR count). The number of anilines is 2. The molecule has 0 bridgehead atoms. The number of aryl methyl sites for hydroxylation is 1. The number of benzene rings is 2. The molecule has 0 aliphatic carbocycles. The predicted molar refractivity (Wildman–Crippen MR) is 115 cm³/mol. The molecule has 1 amide bonds. The van der Waals surface area contributed by atoms with Gasteiger partial charge in [-0.05, 0) is 72.8 Å². The van der Waals surface area contributed by atoms with Gasteiger partial charge in [0.25, 0.3) is 5.91 Å². The Morgan fingerprint density at radius 1 is 1.07 bits per heavy atom. The Bertz CT molecular complexity index is 974. The van der Waals surface area contributed by atoms with Crippen molar-refractivity contribution in [2.75, 3.05) is 36.5 Å². The predicted octanol–water partition coefficient (Wildman–Crippen LogP) is 4.03. The van der Waals surface area contributed by atoms with Crippen LogP contribution in [0.25, 0.3) is 0 Å². The van der Waals surface area contributed by atoms with Gasteiger partial charge in [0.15, 0.2) is 5.16 Å². The van der Waals surface area contributed by atoms with Gasteiger partial charge >= 0.3 is 0 Å². The maximum Gasteiger partial charge on any atom is 0.255 e. The van der Waals surface area contributed by atoms with Crippen molar-refractivity contribution >= 4 is 29.0 Å². The molecule has 1 aliphatic rings. The number of hydrogen-bond donors (Lipinski definition) is 1. The lowest BCUT2D eigenvalue weighted by atomic mass is 10.1. The molecule has 0 saturated carbocycles. The summed E-state index contributed by atoms with van der Waals surface area (Å²) in [5.74, 6) is -0.117. The van der Waals surface area contributed by atoms with Crippen molar-refractivity contribution in [3.8, 4) is 0 Å². The zero-order valence-corrected chi connectivity index (χ0v) is 17.0. The summed E-state index contributed by atoms with van der Waals surface area (Å²) in [7, 11) is 0. The van der Waals surface area contributed by atoms with Crippen LogP contribution in [0.2, 0.25) is 0 Å². The maximum atomic E-state index is 12.7. The van der Waals surface area contributed by atoms with E-state index < -0.39 is 0 Å². The highest BCUT2D eigenvalue weighted by atomic mass is 32.2. The Hall–Kier alpha value is -2.90. The minimum absolute atomic E-state index is 0.117. The summed E-state index contributed by atoms with van der Waals surface area (Å²) >= 11 is 1.49. The van der Waals surface area contributed by atoms with E-state index in [1.54, 1.807) is 18.5 Å². The molecule has 3 aromatic rings. The van der Waals surface area contributed by atoms with Crippen LogP contribution in [0.3, 0.4) is 0 Å². The second-order valence-electron chi connectivity index (χ2n) is 6.71. The molecule has 7 heteroatoms. The fourth-order valence-electron chi connectivity index (χ4n) is 3.12. The van der Waals surface area contributed by atoms with E-state index in [1.807, 2.05) is 49.4 Å². The highest BCUT2D eigenvalue weighted by Crippen LogP contribution is 2.28. The van der Waals surface area contributed by atoms with E-state index in [2.05, 4.69) is 20.2 Å². The van der Waals surface area contributed by atoms with Gasteiger partial charge in [0, 0.05) is 47.3 Å². The average Bonchev–Trinajstić information content (AvgIpc) is 2.77. The molecule has 1 N–H and O–H groups in total. The van der Waals surface area contributed by atoms with Gasteiger partial charge in [0.2, 0.25) is 0 Å². The number of rotatable bonds is 5. The summed E-state index contributed by atoms with van der Waals surface area (Å²) in [6.45, 7) is 5.22. The van der Waals surface area contributed by atoms with Gasteiger partial charge in [-0.2, -0.15) is 0 Å². The lowest BCUT2D eigenvalue weighted by Gasteiger charge is -2.28. The number of amides is 1. The molecule has 29 heavy (non-hydrogen) atoms. The molecule has 0 spiro atoms. The molecular weight excluding hydrogens is 384 g/mol. The van der Waals surface area contributed by atoms with Gasteiger partial charge in [0.05, 0.1) is 13.2 Å². The Morgan fingerprint density at radius 2 is 1.79 bits per heavy atom. The van der Waals surface area contributed by atoms with E-state index in [-0.39, 0.29) is 5.91 Å². The fraction of sp³-hybridized carbons (Fsp3) is 0.227. The third-order valence-corrected chi connectivity index (χ3v) is 5.59. The SMILES string of the molecule is Cc1cc(Sc2ncccn2)ccc1NC(=O)c1ccc(N2CCOCC2)cc1. The van der Waals surface area contributed by atoms with Crippen LogP contribution in [0, 0.1) is 6.92 Å². The van der Waals surface area contributed by atoms with Crippen molar-refractivity contribution in [2.24, 2.45) is 0 Å². The largest absolute Gasteiger partial charge is 0.378 e. The Balaban J connectivity index is 1.41.